The summed E-state index contributed by atoms with van der Waals surface area (Å²) in [6.45, 7) is 3.14. The fourth-order valence-electron chi connectivity index (χ4n) is 4.52. The number of alkyl halides is 4. The molecule has 1 aromatic carbocycles. The normalized spacial score (nSPS) is 14.0. The van der Waals surface area contributed by atoms with Gasteiger partial charge in [-0.1, -0.05) is 12.1 Å². The molecule has 1 aliphatic heterocycles. The zero-order valence-corrected chi connectivity index (χ0v) is 19.0. The smallest absolute Gasteiger partial charge is 0.346 e. The first-order valence-electron chi connectivity index (χ1n) is 10.8. The van der Waals surface area contributed by atoms with Crippen LogP contribution in [0.25, 0.3) is 33.4 Å². The minimum Gasteiger partial charge on any atom is -0.346 e. The lowest BCUT2D eigenvalue weighted by molar-refractivity contribution is -0.137. The van der Waals surface area contributed by atoms with E-state index in [4.69, 9.17) is 16.7 Å². The van der Waals surface area contributed by atoms with E-state index >= 15 is 0 Å². The van der Waals surface area contributed by atoms with E-state index in [1.165, 1.54) is 6.07 Å². The SMILES string of the molecule is Cc1c[nH]c2nccc(-c3c(-c4cccc(C(F)(F)F)c4)nn4c3CN(C(=O)CCCl)CC4)c12. The number of halogens is 4. The van der Waals surface area contributed by atoms with E-state index in [9.17, 15) is 18.0 Å². The van der Waals surface area contributed by atoms with Crippen LogP contribution < -0.4 is 0 Å². The Hall–Kier alpha value is -3.33. The third-order valence-corrected chi connectivity index (χ3v) is 6.33. The fraction of sp³-hybridized carbons (Fsp3) is 0.292. The van der Waals surface area contributed by atoms with Crippen LogP contribution in [-0.4, -0.2) is 43.0 Å². The summed E-state index contributed by atoms with van der Waals surface area (Å²) >= 11 is 5.78. The molecule has 1 amide bonds. The fourth-order valence-corrected chi connectivity index (χ4v) is 4.69. The Morgan fingerprint density at radius 2 is 2.06 bits per heavy atom. The van der Waals surface area contributed by atoms with Crippen LogP contribution in [0.4, 0.5) is 13.2 Å². The van der Waals surface area contributed by atoms with Crippen LogP contribution in [0.1, 0.15) is 23.2 Å². The highest BCUT2D eigenvalue weighted by atomic mass is 35.5. The molecule has 4 aromatic rings. The predicted molar refractivity (Wildman–Crippen MR) is 123 cm³/mol. The number of fused-ring (bicyclic) bond motifs is 2. The van der Waals surface area contributed by atoms with Gasteiger partial charge in [-0.3, -0.25) is 9.48 Å². The Kier molecular flexibility index (Phi) is 5.59. The number of H-pyrrole nitrogens is 1. The molecule has 0 saturated heterocycles. The molecule has 34 heavy (non-hydrogen) atoms. The van der Waals surface area contributed by atoms with Crippen LogP contribution >= 0.6 is 11.6 Å². The highest BCUT2D eigenvalue weighted by Gasteiger charge is 2.33. The number of rotatable bonds is 4. The Bertz CT molecular complexity index is 1390. The van der Waals surface area contributed by atoms with Gasteiger partial charge in [0, 0.05) is 47.8 Å². The zero-order chi connectivity index (χ0) is 24.0. The summed E-state index contributed by atoms with van der Waals surface area (Å²) in [6, 6.07) is 7.03. The third-order valence-electron chi connectivity index (χ3n) is 6.14. The molecule has 10 heteroatoms. The number of aromatic nitrogens is 4. The highest BCUT2D eigenvalue weighted by molar-refractivity contribution is 6.18. The summed E-state index contributed by atoms with van der Waals surface area (Å²) in [5.41, 5.74) is 3.99. The summed E-state index contributed by atoms with van der Waals surface area (Å²) in [7, 11) is 0. The molecule has 176 valence electrons. The number of nitrogens with zero attached hydrogens (tertiary/aromatic N) is 4. The molecule has 3 aromatic heterocycles. The summed E-state index contributed by atoms with van der Waals surface area (Å²) in [4.78, 5) is 21.8. The molecule has 0 spiro atoms. The minimum absolute atomic E-state index is 0.0632. The van der Waals surface area contributed by atoms with Gasteiger partial charge in [0.1, 0.15) is 11.3 Å². The average Bonchev–Trinajstić information content (AvgIpc) is 3.39. The second-order valence-electron chi connectivity index (χ2n) is 8.28. The maximum Gasteiger partial charge on any atom is 0.416 e. The first kappa shape index (κ1) is 22.5. The Balaban J connectivity index is 1.74. The molecule has 1 N–H and O–H groups in total. The molecule has 0 radical (unpaired) electrons. The van der Waals surface area contributed by atoms with Gasteiger partial charge in [0.2, 0.25) is 5.91 Å². The number of hydrogen-bond acceptors (Lipinski definition) is 3. The number of aromatic amines is 1. The second kappa shape index (κ2) is 8.47. The van der Waals surface area contributed by atoms with Crippen molar-refractivity contribution >= 4 is 28.5 Å². The molecule has 0 fully saturated rings. The lowest BCUT2D eigenvalue weighted by atomic mass is 9.95. The second-order valence-corrected chi connectivity index (χ2v) is 8.66. The van der Waals surface area contributed by atoms with Gasteiger partial charge in [-0.15, -0.1) is 11.6 Å². The van der Waals surface area contributed by atoms with E-state index in [0.29, 0.717) is 42.1 Å². The van der Waals surface area contributed by atoms with Gasteiger partial charge >= 0.3 is 6.18 Å². The molecule has 0 atom stereocenters. The minimum atomic E-state index is -4.47. The summed E-state index contributed by atoms with van der Waals surface area (Å²) in [5, 5.41) is 5.61. The number of carbonyl (C=O) groups excluding carboxylic acids is 1. The number of pyridine rings is 1. The van der Waals surface area contributed by atoms with Crippen molar-refractivity contribution < 1.29 is 18.0 Å². The van der Waals surface area contributed by atoms with E-state index in [-0.39, 0.29) is 18.2 Å². The van der Waals surface area contributed by atoms with Crippen LogP contribution in [-0.2, 0) is 24.1 Å². The Morgan fingerprint density at radius 3 is 2.82 bits per heavy atom. The Labute approximate surface area is 198 Å². The van der Waals surface area contributed by atoms with Crippen LogP contribution in [0.15, 0.2) is 42.7 Å². The standard InChI is InChI=1S/C24H21ClF3N5O/c1-14-12-30-23-20(14)17(6-8-29-23)21-18-13-32(19(34)5-7-25)9-10-33(18)31-22(21)15-3-2-4-16(11-15)24(26,27)28/h2-4,6,8,11-12H,5,7,9-10,13H2,1H3,(H,29,30). The van der Waals surface area contributed by atoms with Gasteiger partial charge in [0.15, 0.2) is 0 Å². The van der Waals surface area contributed by atoms with Crippen LogP contribution in [0.3, 0.4) is 0 Å². The number of aryl methyl sites for hydroxylation is 1. The number of nitrogens with one attached hydrogen (secondary N) is 1. The monoisotopic (exact) mass is 487 g/mol. The van der Waals surface area contributed by atoms with Crippen molar-refractivity contribution in [2.24, 2.45) is 0 Å². The third kappa shape index (κ3) is 3.83. The molecule has 0 unspecified atom stereocenters. The van der Waals surface area contributed by atoms with Crippen molar-refractivity contribution in [1.29, 1.82) is 0 Å². The van der Waals surface area contributed by atoms with Crippen LogP contribution in [0, 0.1) is 6.92 Å². The van der Waals surface area contributed by atoms with Gasteiger partial charge in [0.05, 0.1) is 24.3 Å². The molecule has 0 bridgehead atoms. The molecule has 6 nitrogen and oxygen atoms in total. The van der Waals surface area contributed by atoms with Gasteiger partial charge in [-0.25, -0.2) is 4.98 Å². The number of hydrogen-bond donors (Lipinski definition) is 1. The number of amides is 1. The van der Waals surface area contributed by atoms with E-state index in [0.717, 1.165) is 34.3 Å². The van der Waals surface area contributed by atoms with Crippen molar-refractivity contribution in [3.05, 3.63) is 59.5 Å². The lowest BCUT2D eigenvalue weighted by Gasteiger charge is -2.28. The van der Waals surface area contributed by atoms with E-state index in [2.05, 4.69) is 9.97 Å². The average molecular weight is 488 g/mol. The topological polar surface area (TPSA) is 66.8 Å². The van der Waals surface area contributed by atoms with E-state index in [1.807, 2.05) is 19.2 Å². The largest absolute Gasteiger partial charge is 0.416 e. The summed E-state index contributed by atoms with van der Waals surface area (Å²) in [6.07, 6.45) is -0.742. The zero-order valence-electron chi connectivity index (χ0n) is 18.3. The lowest BCUT2D eigenvalue weighted by Crippen LogP contribution is -2.38. The number of benzene rings is 1. The molecule has 0 saturated carbocycles. The van der Waals surface area contributed by atoms with Crippen molar-refractivity contribution in [2.45, 2.75) is 32.6 Å². The quantitative estimate of drug-likeness (QED) is 0.392. The predicted octanol–water partition coefficient (Wildman–Crippen LogP) is 5.39. The summed E-state index contributed by atoms with van der Waals surface area (Å²) < 4.78 is 42.2. The van der Waals surface area contributed by atoms with Crippen molar-refractivity contribution in [3.8, 4) is 22.4 Å². The van der Waals surface area contributed by atoms with Gasteiger partial charge in [0.25, 0.3) is 0 Å². The van der Waals surface area contributed by atoms with Crippen LogP contribution in [0.5, 0.6) is 0 Å². The van der Waals surface area contributed by atoms with Crippen molar-refractivity contribution in [1.82, 2.24) is 24.6 Å². The highest BCUT2D eigenvalue weighted by Crippen LogP contribution is 2.41. The molecular formula is C24H21ClF3N5O. The van der Waals surface area contributed by atoms with Crippen molar-refractivity contribution in [3.63, 3.8) is 0 Å². The molecule has 4 heterocycles. The first-order valence-corrected chi connectivity index (χ1v) is 11.4. The van der Waals surface area contributed by atoms with Gasteiger partial charge < -0.3 is 9.88 Å². The summed E-state index contributed by atoms with van der Waals surface area (Å²) in [5.74, 6) is 0.163. The van der Waals surface area contributed by atoms with Gasteiger partial charge in [-0.2, -0.15) is 18.3 Å². The van der Waals surface area contributed by atoms with E-state index in [1.54, 1.807) is 21.8 Å². The molecular weight excluding hydrogens is 467 g/mol. The van der Waals surface area contributed by atoms with E-state index < -0.39 is 11.7 Å². The van der Waals surface area contributed by atoms with Crippen molar-refractivity contribution in [2.75, 3.05) is 12.4 Å². The molecule has 1 aliphatic rings. The van der Waals surface area contributed by atoms with Crippen LogP contribution in [0.2, 0.25) is 0 Å². The van der Waals surface area contributed by atoms with Gasteiger partial charge in [-0.05, 0) is 36.2 Å². The Morgan fingerprint density at radius 1 is 1.24 bits per heavy atom. The molecule has 0 aliphatic carbocycles. The maximum absolute atomic E-state index is 13.5. The molecule has 5 rings (SSSR count). The first-order chi connectivity index (χ1) is 16.3. The number of carbonyl (C=O) groups is 1. The maximum atomic E-state index is 13.5.